The maximum atomic E-state index is 10.9. The molecule has 0 saturated heterocycles. The van der Waals surface area contributed by atoms with E-state index in [4.69, 9.17) is 20.3 Å². The van der Waals surface area contributed by atoms with Crippen molar-refractivity contribution in [3.8, 4) is 17.2 Å². The van der Waals surface area contributed by atoms with Crippen LogP contribution in [0, 0.1) is 0 Å². The minimum Gasteiger partial charge on any atom is -0.490 e. The molecule has 0 saturated carbocycles. The van der Waals surface area contributed by atoms with Gasteiger partial charge < -0.3 is 20.3 Å². The van der Waals surface area contributed by atoms with Crippen LogP contribution in [-0.2, 0) is 0 Å². The molecule has 2 aromatic rings. The number of hydrogen-bond acceptors (Lipinski definition) is 4. The van der Waals surface area contributed by atoms with Gasteiger partial charge in [-0.1, -0.05) is 19.1 Å². The Kier molecular flexibility index (Phi) is 4.66. The summed E-state index contributed by atoms with van der Waals surface area (Å²) in [5, 5.41) is 8.91. The van der Waals surface area contributed by atoms with Crippen LogP contribution in [-0.4, -0.2) is 17.7 Å². The summed E-state index contributed by atoms with van der Waals surface area (Å²) >= 11 is 0. The summed E-state index contributed by atoms with van der Waals surface area (Å²) in [6.45, 7) is 2.61. The van der Waals surface area contributed by atoms with Crippen molar-refractivity contribution < 1.29 is 19.4 Å². The van der Waals surface area contributed by atoms with E-state index in [1.54, 1.807) is 6.07 Å². The summed E-state index contributed by atoms with van der Waals surface area (Å²) < 4.78 is 11.3. The summed E-state index contributed by atoms with van der Waals surface area (Å²) in [5.74, 6) is 0.536. The number of carboxylic acids is 1. The Hall–Kier alpha value is -2.69. The number of para-hydroxylation sites is 2. The monoisotopic (exact) mass is 287 g/mol. The van der Waals surface area contributed by atoms with Gasteiger partial charge in [-0.3, -0.25) is 0 Å². The van der Waals surface area contributed by atoms with Crippen molar-refractivity contribution in [2.45, 2.75) is 13.3 Å². The second-order valence-electron chi connectivity index (χ2n) is 4.46. The third kappa shape index (κ3) is 3.66. The first-order valence-electron chi connectivity index (χ1n) is 6.64. The number of anilines is 1. The molecule has 110 valence electrons. The molecule has 0 fully saturated rings. The molecule has 3 N–H and O–H groups in total. The first-order valence-corrected chi connectivity index (χ1v) is 6.64. The lowest BCUT2D eigenvalue weighted by Crippen LogP contribution is -2.01. The highest BCUT2D eigenvalue weighted by Gasteiger charge is 2.10. The Morgan fingerprint density at radius 2 is 1.86 bits per heavy atom. The standard InChI is InChI=1S/C16H17NO4/c1-2-9-20-14-5-3-4-6-15(14)21-13-8-7-11(16(18)19)10-12(13)17/h3-8,10H,2,9,17H2,1H3,(H,18,19). The molecule has 0 amide bonds. The van der Waals surface area contributed by atoms with Crippen LogP contribution in [0.25, 0.3) is 0 Å². The van der Waals surface area contributed by atoms with Crippen LogP contribution in [0.3, 0.4) is 0 Å². The highest BCUT2D eigenvalue weighted by atomic mass is 16.5. The van der Waals surface area contributed by atoms with Crippen LogP contribution in [0.1, 0.15) is 23.7 Å². The molecular formula is C16H17NO4. The Balaban J connectivity index is 2.24. The zero-order valence-electron chi connectivity index (χ0n) is 11.7. The molecule has 0 aliphatic heterocycles. The van der Waals surface area contributed by atoms with E-state index in [-0.39, 0.29) is 11.3 Å². The molecule has 0 aliphatic carbocycles. The molecule has 5 nitrogen and oxygen atoms in total. The number of carboxylic acid groups (broad SMARTS) is 1. The van der Waals surface area contributed by atoms with Gasteiger partial charge in [-0.05, 0) is 36.8 Å². The lowest BCUT2D eigenvalue weighted by molar-refractivity contribution is 0.0697. The van der Waals surface area contributed by atoms with Crippen molar-refractivity contribution in [3.63, 3.8) is 0 Å². The largest absolute Gasteiger partial charge is 0.490 e. The smallest absolute Gasteiger partial charge is 0.335 e. The van der Waals surface area contributed by atoms with Gasteiger partial charge in [-0.2, -0.15) is 0 Å². The van der Waals surface area contributed by atoms with Crippen molar-refractivity contribution in [3.05, 3.63) is 48.0 Å². The van der Waals surface area contributed by atoms with Crippen LogP contribution in [0.2, 0.25) is 0 Å². The lowest BCUT2D eigenvalue weighted by atomic mass is 10.2. The molecule has 0 atom stereocenters. The predicted octanol–water partition coefficient (Wildman–Crippen LogP) is 3.55. The number of nitrogen functional groups attached to an aromatic ring is 1. The molecule has 5 heteroatoms. The molecule has 2 aromatic carbocycles. The topological polar surface area (TPSA) is 81.8 Å². The summed E-state index contributed by atoms with van der Waals surface area (Å²) in [7, 11) is 0. The Bertz CT molecular complexity index is 640. The van der Waals surface area contributed by atoms with E-state index in [1.165, 1.54) is 18.2 Å². The number of carbonyl (C=O) groups is 1. The molecule has 0 spiro atoms. The third-order valence-corrected chi connectivity index (χ3v) is 2.79. The third-order valence-electron chi connectivity index (χ3n) is 2.79. The van der Waals surface area contributed by atoms with Gasteiger partial charge >= 0.3 is 5.97 Å². The summed E-state index contributed by atoms with van der Waals surface area (Å²) in [4.78, 5) is 10.9. The fraction of sp³-hybridized carbons (Fsp3) is 0.188. The number of aromatic carboxylic acids is 1. The average Bonchev–Trinajstić information content (AvgIpc) is 2.48. The van der Waals surface area contributed by atoms with Gasteiger partial charge in [0.25, 0.3) is 0 Å². The van der Waals surface area contributed by atoms with E-state index >= 15 is 0 Å². The summed E-state index contributed by atoms with van der Waals surface area (Å²) in [6, 6.07) is 11.6. The molecule has 0 bridgehead atoms. The van der Waals surface area contributed by atoms with E-state index in [0.29, 0.717) is 23.9 Å². The Morgan fingerprint density at radius 1 is 1.14 bits per heavy atom. The molecule has 0 heterocycles. The van der Waals surface area contributed by atoms with Crippen molar-refractivity contribution in [1.82, 2.24) is 0 Å². The molecule has 0 aliphatic rings. The van der Waals surface area contributed by atoms with Crippen molar-refractivity contribution in [2.75, 3.05) is 12.3 Å². The number of nitrogens with two attached hydrogens (primary N) is 1. The zero-order valence-corrected chi connectivity index (χ0v) is 11.7. The van der Waals surface area contributed by atoms with Crippen LogP contribution in [0.4, 0.5) is 5.69 Å². The first-order chi connectivity index (χ1) is 10.1. The van der Waals surface area contributed by atoms with E-state index in [0.717, 1.165) is 6.42 Å². The SMILES string of the molecule is CCCOc1ccccc1Oc1ccc(C(=O)O)cc1N. The van der Waals surface area contributed by atoms with Gasteiger partial charge in [0.2, 0.25) is 0 Å². The van der Waals surface area contributed by atoms with E-state index in [1.807, 2.05) is 25.1 Å². The van der Waals surface area contributed by atoms with Crippen molar-refractivity contribution in [1.29, 1.82) is 0 Å². The van der Waals surface area contributed by atoms with Crippen molar-refractivity contribution >= 4 is 11.7 Å². The summed E-state index contributed by atoms with van der Waals surface area (Å²) in [5.41, 5.74) is 6.21. The maximum absolute atomic E-state index is 10.9. The second-order valence-corrected chi connectivity index (χ2v) is 4.46. The minimum atomic E-state index is -1.03. The predicted molar refractivity (Wildman–Crippen MR) is 80.1 cm³/mol. The molecule has 0 radical (unpaired) electrons. The van der Waals surface area contributed by atoms with Crippen molar-refractivity contribution in [2.24, 2.45) is 0 Å². The zero-order chi connectivity index (χ0) is 15.2. The van der Waals surface area contributed by atoms with Gasteiger partial charge in [0.15, 0.2) is 17.2 Å². The minimum absolute atomic E-state index is 0.121. The molecule has 0 aromatic heterocycles. The van der Waals surface area contributed by atoms with E-state index in [2.05, 4.69) is 0 Å². The fourth-order valence-corrected chi connectivity index (χ4v) is 1.76. The number of rotatable bonds is 6. The Labute approximate surface area is 122 Å². The van der Waals surface area contributed by atoms with Crippen LogP contribution < -0.4 is 15.2 Å². The molecular weight excluding hydrogens is 270 g/mol. The number of ether oxygens (including phenoxy) is 2. The normalized spacial score (nSPS) is 10.1. The summed E-state index contributed by atoms with van der Waals surface area (Å²) in [6.07, 6.45) is 0.893. The van der Waals surface area contributed by atoms with Crippen LogP contribution >= 0.6 is 0 Å². The highest BCUT2D eigenvalue weighted by Crippen LogP contribution is 2.34. The van der Waals surface area contributed by atoms with Crippen LogP contribution in [0.5, 0.6) is 17.2 Å². The van der Waals surface area contributed by atoms with E-state index < -0.39 is 5.97 Å². The van der Waals surface area contributed by atoms with Gasteiger partial charge in [0.05, 0.1) is 17.9 Å². The maximum Gasteiger partial charge on any atom is 0.335 e. The van der Waals surface area contributed by atoms with E-state index in [9.17, 15) is 4.79 Å². The van der Waals surface area contributed by atoms with Gasteiger partial charge in [0.1, 0.15) is 0 Å². The average molecular weight is 287 g/mol. The van der Waals surface area contributed by atoms with Gasteiger partial charge in [-0.25, -0.2) is 4.79 Å². The highest BCUT2D eigenvalue weighted by molar-refractivity contribution is 5.89. The molecule has 0 unspecified atom stereocenters. The van der Waals surface area contributed by atoms with Crippen LogP contribution in [0.15, 0.2) is 42.5 Å². The number of benzene rings is 2. The van der Waals surface area contributed by atoms with Gasteiger partial charge in [-0.15, -0.1) is 0 Å². The number of hydrogen-bond donors (Lipinski definition) is 2. The van der Waals surface area contributed by atoms with Gasteiger partial charge in [0, 0.05) is 0 Å². The molecule has 21 heavy (non-hydrogen) atoms. The second kappa shape index (κ2) is 6.65. The molecule has 2 rings (SSSR count). The quantitative estimate of drug-likeness (QED) is 0.794. The lowest BCUT2D eigenvalue weighted by Gasteiger charge is -2.13. The first kappa shape index (κ1) is 14.7. The fourth-order valence-electron chi connectivity index (χ4n) is 1.76. The Morgan fingerprint density at radius 3 is 2.48 bits per heavy atom.